The van der Waals surface area contributed by atoms with Gasteiger partial charge in [-0.05, 0) is 74.5 Å². The van der Waals surface area contributed by atoms with Crippen molar-refractivity contribution in [3.8, 4) is 11.3 Å². The van der Waals surface area contributed by atoms with Gasteiger partial charge in [0.15, 0.2) is 11.6 Å². The maximum Gasteiger partial charge on any atom is 0.403 e. The normalized spacial score (nSPS) is 26.5. The Morgan fingerprint density at radius 3 is 2.35 bits per heavy atom. The number of carbonyl (C=O) groups is 1. The standard InChI is InChI=1S/C28H32F5N5O2/c29-22-12-20(35-26(39)27(5-6-27)28(31,32)33)11-21(25(22)30)23-1-2-24(37-36-23)34-19-9-17-14-38(15-18(17)10-19)13-16-3-7-40-8-4-16/h1-2,11-12,16-19H,3-10,13-15H2,(H,34,37)(H,35,39)/t17-,18+,19?. The SMILES string of the molecule is O=C(Nc1cc(F)c(F)c(-c2ccc(NC3C[C@@H]4CN(CC5CCOCC5)C[C@@H]4C3)nn2)c1)C1(C(F)(F)F)CC1. The van der Waals surface area contributed by atoms with E-state index in [4.69, 9.17) is 4.74 Å². The molecule has 6 rings (SSSR count). The van der Waals surface area contributed by atoms with Crippen LogP contribution in [0.1, 0.15) is 38.5 Å². The fraction of sp³-hybridized carbons (Fsp3) is 0.607. The van der Waals surface area contributed by atoms with Gasteiger partial charge >= 0.3 is 6.18 Å². The summed E-state index contributed by atoms with van der Waals surface area (Å²) < 4.78 is 74.2. The Kier molecular flexibility index (Phi) is 7.18. The van der Waals surface area contributed by atoms with Crippen LogP contribution in [0.25, 0.3) is 11.3 Å². The summed E-state index contributed by atoms with van der Waals surface area (Å²) in [7, 11) is 0. The van der Waals surface area contributed by atoms with E-state index in [9.17, 15) is 26.7 Å². The fourth-order valence-corrected chi connectivity index (χ4v) is 6.58. The molecule has 2 aliphatic heterocycles. The van der Waals surface area contributed by atoms with Crippen LogP contribution < -0.4 is 10.6 Å². The third-order valence-electron chi connectivity index (χ3n) is 8.99. The first-order valence-electron chi connectivity index (χ1n) is 13.9. The van der Waals surface area contributed by atoms with Gasteiger partial charge in [0, 0.05) is 56.2 Å². The summed E-state index contributed by atoms with van der Waals surface area (Å²) in [5.74, 6) is -1.32. The molecular weight excluding hydrogens is 533 g/mol. The van der Waals surface area contributed by atoms with Crippen molar-refractivity contribution in [1.29, 1.82) is 0 Å². The zero-order valence-electron chi connectivity index (χ0n) is 21.9. The summed E-state index contributed by atoms with van der Waals surface area (Å²) in [5, 5.41) is 13.7. The molecule has 2 aromatic rings. The van der Waals surface area contributed by atoms with Crippen LogP contribution in [0.15, 0.2) is 24.3 Å². The fourth-order valence-electron chi connectivity index (χ4n) is 6.58. The van der Waals surface area contributed by atoms with E-state index in [2.05, 4.69) is 25.7 Å². The predicted molar refractivity (Wildman–Crippen MR) is 137 cm³/mol. The number of fused-ring (bicyclic) bond motifs is 1. The number of aromatic nitrogens is 2. The molecule has 216 valence electrons. The third-order valence-corrected chi connectivity index (χ3v) is 8.99. The van der Waals surface area contributed by atoms with Crippen molar-refractivity contribution in [3.05, 3.63) is 35.9 Å². The van der Waals surface area contributed by atoms with Crippen molar-refractivity contribution in [3.63, 3.8) is 0 Å². The summed E-state index contributed by atoms with van der Waals surface area (Å²) in [6.45, 7) is 5.08. The van der Waals surface area contributed by atoms with Crippen molar-refractivity contribution >= 4 is 17.4 Å². The maximum absolute atomic E-state index is 14.6. The highest BCUT2D eigenvalue weighted by Gasteiger charge is 2.68. The second-order valence-corrected chi connectivity index (χ2v) is 11.8. The minimum atomic E-state index is -4.71. The van der Waals surface area contributed by atoms with Gasteiger partial charge in [0.05, 0.1) is 5.69 Å². The molecule has 4 aliphatic rings. The minimum absolute atomic E-state index is 0.00190. The molecule has 12 heteroatoms. The molecule has 3 heterocycles. The number of nitrogens with zero attached hydrogens (tertiary/aromatic N) is 3. The lowest BCUT2D eigenvalue weighted by atomic mass is 10.00. The quantitative estimate of drug-likeness (QED) is 0.447. The first-order chi connectivity index (χ1) is 19.1. The van der Waals surface area contributed by atoms with E-state index in [1.165, 1.54) is 6.07 Å². The van der Waals surface area contributed by atoms with Crippen LogP contribution in [0.3, 0.4) is 0 Å². The summed E-state index contributed by atoms with van der Waals surface area (Å²) in [5.41, 5.74) is -3.05. The summed E-state index contributed by atoms with van der Waals surface area (Å²) >= 11 is 0. The molecule has 7 nitrogen and oxygen atoms in total. The number of likely N-dealkylation sites (tertiary alicyclic amines) is 1. The van der Waals surface area contributed by atoms with Crippen LogP contribution >= 0.6 is 0 Å². The number of hydrogen-bond donors (Lipinski definition) is 2. The first-order valence-corrected chi connectivity index (χ1v) is 13.9. The van der Waals surface area contributed by atoms with Gasteiger partial charge in [-0.2, -0.15) is 13.2 Å². The molecule has 2 saturated carbocycles. The largest absolute Gasteiger partial charge is 0.403 e. The molecule has 40 heavy (non-hydrogen) atoms. The molecule has 1 aromatic carbocycles. The maximum atomic E-state index is 14.6. The molecule has 1 amide bonds. The van der Waals surface area contributed by atoms with Crippen LogP contribution in [0, 0.1) is 34.8 Å². The molecule has 2 saturated heterocycles. The van der Waals surface area contributed by atoms with Gasteiger partial charge in [0.25, 0.3) is 0 Å². The van der Waals surface area contributed by atoms with Crippen molar-refractivity contribution in [2.24, 2.45) is 23.2 Å². The van der Waals surface area contributed by atoms with Crippen LogP contribution in [-0.2, 0) is 9.53 Å². The number of ether oxygens (including phenoxy) is 1. The van der Waals surface area contributed by atoms with Crippen molar-refractivity contribution < 1.29 is 31.5 Å². The zero-order valence-corrected chi connectivity index (χ0v) is 21.9. The van der Waals surface area contributed by atoms with Crippen LogP contribution in [-0.4, -0.2) is 66.1 Å². The van der Waals surface area contributed by atoms with Crippen LogP contribution in [0.4, 0.5) is 33.5 Å². The summed E-state index contributed by atoms with van der Waals surface area (Å²) in [4.78, 5) is 14.9. The number of hydrogen-bond acceptors (Lipinski definition) is 6. The Morgan fingerprint density at radius 2 is 1.75 bits per heavy atom. The van der Waals surface area contributed by atoms with Gasteiger partial charge in [0.2, 0.25) is 5.91 Å². The third kappa shape index (κ3) is 5.39. The number of benzene rings is 1. The number of carbonyl (C=O) groups excluding carboxylic acids is 1. The number of halogens is 5. The number of nitrogens with one attached hydrogen (secondary N) is 2. The second kappa shape index (κ2) is 10.5. The molecule has 0 spiro atoms. The molecular formula is C28H32F5N5O2. The van der Waals surface area contributed by atoms with Crippen LogP contribution in [0.2, 0.25) is 0 Å². The lowest BCUT2D eigenvalue weighted by Gasteiger charge is -2.27. The van der Waals surface area contributed by atoms with Gasteiger partial charge in [-0.3, -0.25) is 4.79 Å². The topological polar surface area (TPSA) is 79.4 Å². The second-order valence-electron chi connectivity index (χ2n) is 11.8. The minimum Gasteiger partial charge on any atom is -0.381 e. The number of amides is 1. The average molecular weight is 566 g/mol. The van der Waals surface area contributed by atoms with E-state index in [-0.39, 0.29) is 35.8 Å². The number of alkyl halides is 3. The van der Waals surface area contributed by atoms with Crippen molar-refractivity contribution in [2.75, 3.05) is 43.5 Å². The van der Waals surface area contributed by atoms with Crippen LogP contribution in [0.5, 0.6) is 0 Å². The molecule has 0 bridgehead atoms. The van der Waals surface area contributed by atoms with Gasteiger partial charge in [-0.15, -0.1) is 10.2 Å². The summed E-state index contributed by atoms with van der Waals surface area (Å²) in [6.07, 6.45) is -1.06. The Labute approximate surface area is 228 Å². The molecule has 2 N–H and O–H groups in total. The highest BCUT2D eigenvalue weighted by atomic mass is 19.4. The van der Waals surface area contributed by atoms with Crippen molar-refractivity contribution in [2.45, 2.75) is 50.7 Å². The molecule has 3 atom stereocenters. The monoisotopic (exact) mass is 565 g/mol. The average Bonchev–Trinajstić information content (AvgIpc) is 3.56. The Balaban J connectivity index is 1.06. The molecule has 4 fully saturated rings. The molecule has 1 unspecified atom stereocenters. The van der Waals surface area contributed by atoms with E-state index in [0.29, 0.717) is 23.7 Å². The Hall–Kier alpha value is -2.86. The molecule has 2 aliphatic carbocycles. The van der Waals surface area contributed by atoms with Crippen molar-refractivity contribution in [1.82, 2.24) is 15.1 Å². The highest BCUT2D eigenvalue weighted by Crippen LogP contribution is 2.58. The predicted octanol–water partition coefficient (Wildman–Crippen LogP) is 5.25. The lowest BCUT2D eigenvalue weighted by Crippen LogP contribution is -2.37. The Morgan fingerprint density at radius 1 is 1.05 bits per heavy atom. The van der Waals surface area contributed by atoms with E-state index in [1.807, 2.05) is 0 Å². The number of rotatable bonds is 7. The summed E-state index contributed by atoms with van der Waals surface area (Å²) in [6, 6.07) is 5.08. The van der Waals surface area contributed by atoms with Gasteiger partial charge < -0.3 is 20.3 Å². The van der Waals surface area contributed by atoms with E-state index in [1.54, 1.807) is 6.07 Å². The van der Waals surface area contributed by atoms with Gasteiger partial charge in [0.1, 0.15) is 11.2 Å². The van der Waals surface area contributed by atoms with E-state index < -0.39 is 29.1 Å². The lowest BCUT2D eigenvalue weighted by molar-refractivity contribution is -0.189. The number of anilines is 2. The highest BCUT2D eigenvalue weighted by molar-refractivity contribution is 5.98. The smallest absolute Gasteiger partial charge is 0.381 e. The van der Waals surface area contributed by atoms with Gasteiger partial charge in [-0.25, -0.2) is 8.78 Å². The first kappa shape index (κ1) is 27.3. The van der Waals surface area contributed by atoms with Gasteiger partial charge in [-0.1, -0.05) is 0 Å². The zero-order chi connectivity index (χ0) is 28.1. The molecule has 1 aromatic heterocycles. The van der Waals surface area contributed by atoms with E-state index >= 15 is 0 Å². The Bertz CT molecular complexity index is 1230. The molecule has 0 radical (unpaired) electrons. The van der Waals surface area contributed by atoms with E-state index in [0.717, 1.165) is 70.5 Å².